The molecule has 4 nitrogen and oxygen atoms in total. The molecule has 3 rings (SSSR count). The van der Waals surface area contributed by atoms with E-state index in [1.165, 1.54) is 24.5 Å². The molecule has 0 amide bonds. The number of rotatable bonds is 2. The second kappa shape index (κ2) is 5.43. The molecule has 1 aliphatic rings. The number of pyridine rings is 1. The van der Waals surface area contributed by atoms with E-state index in [-0.39, 0.29) is 11.1 Å². The molecule has 23 heavy (non-hydrogen) atoms. The van der Waals surface area contributed by atoms with Crippen molar-refractivity contribution in [3.05, 3.63) is 65.0 Å². The molecule has 1 aliphatic carbocycles. The fraction of sp³-hybridized carbons (Fsp3) is 0.250. The number of Topliss-reactive ketones (excluding diaryl/α,β-unsaturated/α-hetero) is 1. The molecule has 2 N–H and O–H groups in total. The smallest absolute Gasteiger partial charge is 0.388 e. The number of benzene rings is 1. The van der Waals surface area contributed by atoms with Crippen LogP contribution < -0.4 is 0 Å². The molecular formula is C16H12F3NO3. The van der Waals surface area contributed by atoms with E-state index in [9.17, 15) is 28.2 Å². The van der Waals surface area contributed by atoms with Gasteiger partial charge < -0.3 is 10.2 Å². The zero-order chi connectivity index (χ0) is 16.8. The number of halogens is 3. The molecule has 1 aromatic carbocycles. The predicted molar refractivity (Wildman–Crippen MR) is 73.4 cm³/mol. The normalized spacial score (nSPS) is 22.0. The lowest BCUT2D eigenvalue weighted by atomic mass is 9.91. The number of aliphatic hydroxyl groups excluding tert-OH is 2. The van der Waals surface area contributed by atoms with Gasteiger partial charge in [0, 0.05) is 18.0 Å². The van der Waals surface area contributed by atoms with Crippen LogP contribution in [0.4, 0.5) is 13.2 Å². The number of carbonyl (C=O) groups is 1. The van der Waals surface area contributed by atoms with Crippen LogP contribution in [0.1, 0.15) is 39.3 Å². The lowest BCUT2D eigenvalue weighted by Gasteiger charge is -2.20. The topological polar surface area (TPSA) is 70.4 Å². The Hall–Kier alpha value is -2.25. The largest absolute Gasteiger partial charge is 0.416 e. The highest BCUT2D eigenvalue weighted by molar-refractivity contribution is 6.03. The molecule has 0 saturated carbocycles. The number of hydrogen-bond donors (Lipinski definition) is 2. The maximum Gasteiger partial charge on any atom is 0.416 e. The minimum Gasteiger partial charge on any atom is -0.388 e. The average molecular weight is 323 g/mol. The number of ketones is 1. The minimum atomic E-state index is -4.57. The molecule has 0 radical (unpaired) electrons. The van der Waals surface area contributed by atoms with Gasteiger partial charge in [-0.15, -0.1) is 0 Å². The highest BCUT2D eigenvalue weighted by Crippen LogP contribution is 2.44. The van der Waals surface area contributed by atoms with Gasteiger partial charge in [0.05, 0.1) is 23.7 Å². The summed E-state index contributed by atoms with van der Waals surface area (Å²) in [4.78, 5) is 16.2. The Morgan fingerprint density at radius 1 is 1.13 bits per heavy atom. The molecule has 1 heterocycles. The van der Waals surface area contributed by atoms with Crippen molar-refractivity contribution in [1.29, 1.82) is 0 Å². The van der Waals surface area contributed by atoms with Crippen molar-refractivity contribution in [2.24, 2.45) is 5.92 Å². The summed E-state index contributed by atoms with van der Waals surface area (Å²) in [6.45, 7) is 0. The quantitative estimate of drug-likeness (QED) is 0.891. The molecule has 0 fully saturated rings. The number of fused-ring (bicyclic) bond motifs is 1. The second-order valence-corrected chi connectivity index (χ2v) is 5.36. The zero-order valence-electron chi connectivity index (χ0n) is 11.7. The number of aliphatic hydroxyl groups is 2. The van der Waals surface area contributed by atoms with Gasteiger partial charge in [0.25, 0.3) is 0 Å². The van der Waals surface area contributed by atoms with E-state index >= 15 is 0 Å². The molecule has 7 heteroatoms. The Balaban J connectivity index is 1.99. The van der Waals surface area contributed by atoms with Gasteiger partial charge in [-0.2, -0.15) is 13.2 Å². The first-order valence-corrected chi connectivity index (χ1v) is 6.82. The van der Waals surface area contributed by atoms with Crippen molar-refractivity contribution in [3.8, 4) is 0 Å². The summed E-state index contributed by atoms with van der Waals surface area (Å²) in [7, 11) is 0. The molecule has 1 aromatic heterocycles. The molecule has 3 atom stereocenters. The fourth-order valence-corrected chi connectivity index (χ4v) is 2.81. The molecular weight excluding hydrogens is 311 g/mol. The van der Waals surface area contributed by atoms with Crippen LogP contribution in [0.3, 0.4) is 0 Å². The lowest BCUT2D eigenvalue weighted by Crippen LogP contribution is -2.22. The van der Waals surface area contributed by atoms with E-state index in [0.717, 1.165) is 18.2 Å². The van der Waals surface area contributed by atoms with Gasteiger partial charge in [0.2, 0.25) is 0 Å². The van der Waals surface area contributed by atoms with Gasteiger partial charge in [-0.3, -0.25) is 9.78 Å². The van der Waals surface area contributed by atoms with E-state index in [4.69, 9.17) is 0 Å². The van der Waals surface area contributed by atoms with Crippen molar-refractivity contribution >= 4 is 5.78 Å². The van der Waals surface area contributed by atoms with E-state index < -0.39 is 35.6 Å². The Kier molecular flexibility index (Phi) is 3.69. The third-order valence-corrected chi connectivity index (χ3v) is 3.99. The maximum atomic E-state index is 12.8. The summed E-state index contributed by atoms with van der Waals surface area (Å²) >= 11 is 0. The summed E-state index contributed by atoms with van der Waals surface area (Å²) in [5.41, 5.74) is -0.685. The van der Waals surface area contributed by atoms with Crippen molar-refractivity contribution < 1.29 is 28.2 Å². The molecule has 0 spiro atoms. The molecule has 120 valence electrons. The minimum absolute atomic E-state index is 0.00334. The van der Waals surface area contributed by atoms with Crippen LogP contribution in [-0.4, -0.2) is 21.0 Å². The van der Waals surface area contributed by atoms with E-state index in [1.807, 2.05) is 0 Å². The van der Waals surface area contributed by atoms with Gasteiger partial charge in [0.15, 0.2) is 5.78 Å². The van der Waals surface area contributed by atoms with Crippen LogP contribution in [0.25, 0.3) is 0 Å². The summed E-state index contributed by atoms with van der Waals surface area (Å²) in [6.07, 6.45) is -4.57. The fourth-order valence-electron chi connectivity index (χ4n) is 2.81. The van der Waals surface area contributed by atoms with E-state index in [0.29, 0.717) is 5.56 Å². The Morgan fingerprint density at radius 3 is 2.39 bits per heavy atom. The summed E-state index contributed by atoms with van der Waals surface area (Å²) in [5, 5.41) is 20.6. The number of hydrogen-bond acceptors (Lipinski definition) is 4. The van der Waals surface area contributed by atoms with Gasteiger partial charge in [-0.1, -0.05) is 6.07 Å². The Morgan fingerprint density at radius 2 is 1.78 bits per heavy atom. The van der Waals surface area contributed by atoms with Crippen molar-refractivity contribution in [1.82, 2.24) is 4.98 Å². The van der Waals surface area contributed by atoms with Crippen LogP contribution >= 0.6 is 0 Å². The molecule has 2 aromatic rings. The number of alkyl halides is 3. The van der Waals surface area contributed by atoms with E-state index in [1.54, 1.807) is 0 Å². The van der Waals surface area contributed by atoms with Crippen molar-refractivity contribution in [3.63, 3.8) is 0 Å². The first-order valence-electron chi connectivity index (χ1n) is 6.82. The SMILES string of the molecule is O=C1c2ccc(C(F)(F)F)cc2C(O)C1C(O)c1ccncc1. The molecule has 3 unspecified atom stereocenters. The highest BCUT2D eigenvalue weighted by Gasteiger charge is 2.44. The van der Waals surface area contributed by atoms with E-state index in [2.05, 4.69) is 4.98 Å². The van der Waals surface area contributed by atoms with Crippen LogP contribution in [0, 0.1) is 5.92 Å². The summed E-state index contributed by atoms with van der Waals surface area (Å²) in [6, 6.07) is 5.56. The van der Waals surface area contributed by atoms with Gasteiger partial charge in [-0.25, -0.2) is 0 Å². The van der Waals surface area contributed by atoms with Crippen molar-refractivity contribution in [2.45, 2.75) is 18.4 Å². The standard InChI is InChI=1S/C16H12F3NO3/c17-16(18,19)9-1-2-10-11(7-9)15(23)12(14(10)22)13(21)8-3-5-20-6-4-8/h1-7,12-13,15,21,23H. The summed E-state index contributed by atoms with van der Waals surface area (Å²) < 4.78 is 38.3. The van der Waals surface area contributed by atoms with Crippen LogP contribution in [-0.2, 0) is 6.18 Å². The molecule has 0 saturated heterocycles. The average Bonchev–Trinajstić information content (AvgIpc) is 2.78. The third-order valence-electron chi connectivity index (χ3n) is 3.99. The Bertz CT molecular complexity index is 746. The van der Waals surface area contributed by atoms with Crippen LogP contribution in [0.5, 0.6) is 0 Å². The van der Waals surface area contributed by atoms with Gasteiger partial charge in [0.1, 0.15) is 0 Å². The summed E-state index contributed by atoms with van der Waals surface area (Å²) in [5.74, 6) is -1.82. The van der Waals surface area contributed by atoms with Crippen LogP contribution in [0.15, 0.2) is 42.7 Å². The number of carbonyl (C=O) groups excluding carboxylic acids is 1. The third kappa shape index (κ3) is 2.62. The highest BCUT2D eigenvalue weighted by atomic mass is 19.4. The maximum absolute atomic E-state index is 12.8. The first-order chi connectivity index (χ1) is 10.8. The molecule has 0 bridgehead atoms. The number of aromatic nitrogens is 1. The number of nitrogens with zero attached hydrogens (tertiary/aromatic N) is 1. The first kappa shape index (κ1) is 15.6. The van der Waals surface area contributed by atoms with Crippen LogP contribution in [0.2, 0.25) is 0 Å². The van der Waals surface area contributed by atoms with Gasteiger partial charge in [-0.05, 0) is 35.4 Å². The second-order valence-electron chi connectivity index (χ2n) is 5.36. The van der Waals surface area contributed by atoms with Gasteiger partial charge >= 0.3 is 6.18 Å². The Labute approximate surface area is 129 Å². The monoisotopic (exact) mass is 323 g/mol. The molecule has 0 aliphatic heterocycles. The predicted octanol–water partition coefficient (Wildman–Crippen LogP) is 2.68. The van der Waals surface area contributed by atoms with Crippen molar-refractivity contribution in [2.75, 3.05) is 0 Å². The lowest BCUT2D eigenvalue weighted by molar-refractivity contribution is -0.137. The zero-order valence-corrected chi connectivity index (χ0v) is 11.7.